The lowest BCUT2D eigenvalue weighted by Gasteiger charge is -2.22. The summed E-state index contributed by atoms with van der Waals surface area (Å²) in [6.45, 7) is 7.02. The van der Waals surface area contributed by atoms with Crippen LogP contribution in [0.1, 0.15) is 40.5 Å². The van der Waals surface area contributed by atoms with Crippen molar-refractivity contribution >= 4 is 11.9 Å². The van der Waals surface area contributed by atoms with E-state index in [1.807, 2.05) is 13.8 Å². The molecule has 0 aromatic rings. The molecule has 16 heavy (non-hydrogen) atoms. The first-order chi connectivity index (χ1) is 7.21. The molecule has 96 valence electrons. The van der Waals surface area contributed by atoms with Crippen LogP contribution < -0.4 is 0 Å². The molecule has 0 amide bonds. The van der Waals surface area contributed by atoms with Gasteiger partial charge in [0, 0.05) is 21.0 Å². The number of carboxylic acid groups (broad SMARTS) is 1. The number of rotatable bonds is 5. The molecule has 5 nitrogen and oxygen atoms in total. The molecule has 0 aromatic carbocycles. The lowest BCUT2D eigenvalue weighted by Crippen LogP contribution is -2.22. The fourth-order valence-electron chi connectivity index (χ4n) is 0.816. The predicted molar refractivity (Wildman–Crippen MR) is 60.3 cm³/mol. The molecule has 0 saturated heterocycles. The van der Waals surface area contributed by atoms with E-state index >= 15 is 0 Å². The maximum atomic E-state index is 10.4. The highest BCUT2D eigenvalue weighted by atomic mass is 16.5. The van der Waals surface area contributed by atoms with Crippen LogP contribution in [0.4, 0.5) is 0 Å². The van der Waals surface area contributed by atoms with Crippen LogP contribution in [0.3, 0.4) is 0 Å². The van der Waals surface area contributed by atoms with Gasteiger partial charge in [0.1, 0.15) is 0 Å². The summed E-state index contributed by atoms with van der Waals surface area (Å²) in [6, 6.07) is 0. The van der Waals surface area contributed by atoms with E-state index in [-0.39, 0.29) is 11.6 Å². The topological polar surface area (TPSA) is 72.8 Å². The van der Waals surface area contributed by atoms with Gasteiger partial charge in [-0.2, -0.15) is 0 Å². The summed E-state index contributed by atoms with van der Waals surface area (Å²) >= 11 is 0. The standard InChI is InChI=1S/C9H18O3.C2H4O2/c1-8(10)12-7-5-6-9(2,3)11-4;1-2(3)4/h5-7H2,1-4H3;1H3,(H,3,4). The molecule has 0 aliphatic heterocycles. The third-order valence-electron chi connectivity index (χ3n) is 1.78. The first-order valence-corrected chi connectivity index (χ1v) is 5.09. The molecule has 1 N–H and O–H groups in total. The SMILES string of the molecule is CC(=O)O.COC(C)(C)CCCOC(C)=O. The lowest BCUT2D eigenvalue weighted by atomic mass is 10.0. The van der Waals surface area contributed by atoms with Gasteiger partial charge in [-0.15, -0.1) is 0 Å². The van der Waals surface area contributed by atoms with Gasteiger partial charge in [-0.1, -0.05) is 0 Å². The van der Waals surface area contributed by atoms with E-state index in [0.717, 1.165) is 19.8 Å². The number of aliphatic carboxylic acids is 1. The van der Waals surface area contributed by atoms with Crippen LogP contribution >= 0.6 is 0 Å². The van der Waals surface area contributed by atoms with Crippen LogP contribution in [0, 0.1) is 0 Å². The first kappa shape index (κ1) is 17.3. The summed E-state index contributed by atoms with van der Waals surface area (Å²) in [5.41, 5.74) is -0.111. The lowest BCUT2D eigenvalue weighted by molar-refractivity contribution is -0.141. The zero-order chi connectivity index (χ0) is 13.2. The predicted octanol–water partition coefficient (Wildman–Crippen LogP) is 1.85. The number of ether oxygens (including phenoxy) is 2. The second-order valence-electron chi connectivity index (χ2n) is 3.93. The van der Waals surface area contributed by atoms with Crippen molar-refractivity contribution in [2.75, 3.05) is 13.7 Å². The van der Waals surface area contributed by atoms with Crippen LogP contribution in [-0.4, -0.2) is 36.4 Å². The number of hydrogen-bond acceptors (Lipinski definition) is 4. The van der Waals surface area contributed by atoms with Gasteiger partial charge >= 0.3 is 5.97 Å². The van der Waals surface area contributed by atoms with Crippen molar-refractivity contribution in [2.24, 2.45) is 0 Å². The van der Waals surface area contributed by atoms with E-state index in [9.17, 15) is 4.79 Å². The van der Waals surface area contributed by atoms with Crippen molar-refractivity contribution in [1.82, 2.24) is 0 Å². The molecule has 0 spiro atoms. The molecule has 0 fully saturated rings. The van der Waals surface area contributed by atoms with Gasteiger partial charge in [0.25, 0.3) is 5.97 Å². The highest BCUT2D eigenvalue weighted by Crippen LogP contribution is 2.14. The van der Waals surface area contributed by atoms with Crippen LogP contribution in [0.2, 0.25) is 0 Å². The minimum atomic E-state index is -0.833. The van der Waals surface area contributed by atoms with Gasteiger partial charge < -0.3 is 14.6 Å². The molecule has 0 aromatic heterocycles. The fourth-order valence-corrected chi connectivity index (χ4v) is 0.816. The molecule has 0 bridgehead atoms. The third-order valence-corrected chi connectivity index (χ3v) is 1.78. The number of carbonyl (C=O) groups is 2. The van der Waals surface area contributed by atoms with Gasteiger partial charge in [-0.25, -0.2) is 0 Å². The molecule has 0 aliphatic carbocycles. The smallest absolute Gasteiger partial charge is 0.302 e. The van der Waals surface area contributed by atoms with Crippen molar-refractivity contribution in [3.63, 3.8) is 0 Å². The van der Waals surface area contributed by atoms with Gasteiger partial charge in [0.05, 0.1) is 12.2 Å². The number of methoxy groups -OCH3 is 1. The molecule has 0 radical (unpaired) electrons. The Morgan fingerprint density at radius 2 is 1.69 bits per heavy atom. The summed E-state index contributed by atoms with van der Waals surface area (Å²) in [5.74, 6) is -1.05. The number of hydrogen-bond donors (Lipinski definition) is 1. The van der Waals surface area contributed by atoms with Crippen LogP contribution in [0.25, 0.3) is 0 Å². The minimum absolute atomic E-state index is 0.111. The molecule has 0 rings (SSSR count). The Bertz CT molecular complexity index is 206. The Kier molecular flexibility index (Phi) is 9.89. The van der Waals surface area contributed by atoms with Gasteiger partial charge in [0.2, 0.25) is 0 Å². The third kappa shape index (κ3) is 18.6. The minimum Gasteiger partial charge on any atom is -0.481 e. The highest BCUT2D eigenvalue weighted by Gasteiger charge is 2.15. The fraction of sp³-hybridized carbons (Fsp3) is 0.818. The maximum Gasteiger partial charge on any atom is 0.302 e. The molecular formula is C11H22O5. The van der Waals surface area contributed by atoms with Crippen LogP contribution in [0.5, 0.6) is 0 Å². The van der Waals surface area contributed by atoms with E-state index in [0.29, 0.717) is 6.61 Å². The average Bonchev–Trinajstić information content (AvgIpc) is 2.11. The molecule has 5 heteroatoms. The highest BCUT2D eigenvalue weighted by molar-refractivity contribution is 5.65. The molecular weight excluding hydrogens is 212 g/mol. The average molecular weight is 234 g/mol. The second kappa shape index (κ2) is 9.15. The Balaban J connectivity index is 0. The first-order valence-electron chi connectivity index (χ1n) is 5.09. The van der Waals surface area contributed by atoms with Gasteiger partial charge in [0.15, 0.2) is 0 Å². The van der Waals surface area contributed by atoms with E-state index in [1.165, 1.54) is 6.92 Å². The van der Waals surface area contributed by atoms with E-state index < -0.39 is 5.97 Å². The summed E-state index contributed by atoms with van der Waals surface area (Å²) in [7, 11) is 1.69. The van der Waals surface area contributed by atoms with Crippen LogP contribution in [0.15, 0.2) is 0 Å². The summed E-state index contributed by atoms with van der Waals surface area (Å²) < 4.78 is 9.99. The van der Waals surface area contributed by atoms with Crippen LogP contribution in [-0.2, 0) is 19.1 Å². The number of esters is 1. The number of carboxylic acids is 1. The molecule has 0 aliphatic rings. The zero-order valence-electron chi connectivity index (χ0n) is 10.7. The van der Waals surface area contributed by atoms with E-state index in [2.05, 4.69) is 0 Å². The molecule has 0 atom stereocenters. The normalized spacial score (nSPS) is 10.1. The van der Waals surface area contributed by atoms with Crippen molar-refractivity contribution < 1.29 is 24.2 Å². The van der Waals surface area contributed by atoms with Crippen molar-refractivity contribution in [1.29, 1.82) is 0 Å². The van der Waals surface area contributed by atoms with E-state index in [4.69, 9.17) is 19.4 Å². The van der Waals surface area contributed by atoms with Gasteiger partial charge in [-0.05, 0) is 26.7 Å². The van der Waals surface area contributed by atoms with E-state index in [1.54, 1.807) is 7.11 Å². The number of carbonyl (C=O) groups excluding carboxylic acids is 1. The Hall–Kier alpha value is -1.10. The second-order valence-corrected chi connectivity index (χ2v) is 3.93. The maximum absolute atomic E-state index is 10.4. The quantitative estimate of drug-likeness (QED) is 0.580. The van der Waals surface area contributed by atoms with Crippen molar-refractivity contribution in [3.8, 4) is 0 Å². The van der Waals surface area contributed by atoms with Crippen molar-refractivity contribution in [2.45, 2.75) is 46.1 Å². The monoisotopic (exact) mass is 234 g/mol. The summed E-state index contributed by atoms with van der Waals surface area (Å²) in [6.07, 6.45) is 1.75. The van der Waals surface area contributed by atoms with Gasteiger partial charge in [-0.3, -0.25) is 9.59 Å². The molecule has 0 saturated carbocycles. The Morgan fingerprint density at radius 3 is 2.00 bits per heavy atom. The van der Waals surface area contributed by atoms with Crippen molar-refractivity contribution in [3.05, 3.63) is 0 Å². The Morgan fingerprint density at radius 1 is 1.25 bits per heavy atom. The molecule has 0 heterocycles. The molecule has 0 unspecified atom stereocenters. The largest absolute Gasteiger partial charge is 0.481 e. The summed E-state index contributed by atoms with van der Waals surface area (Å²) in [4.78, 5) is 19.4. The Labute approximate surface area is 96.7 Å². The zero-order valence-corrected chi connectivity index (χ0v) is 10.7. The summed E-state index contributed by atoms with van der Waals surface area (Å²) in [5, 5.41) is 7.42.